The SMILES string of the molecule is CC(NC(=O)c1ccccc1NC(=O)CN(Cc1ccccc1)C1CC1)c1ccccc1. The highest BCUT2D eigenvalue weighted by molar-refractivity contribution is 6.04. The minimum atomic E-state index is -0.208. The van der Waals surface area contributed by atoms with Gasteiger partial charge >= 0.3 is 0 Å². The van der Waals surface area contributed by atoms with E-state index in [9.17, 15) is 9.59 Å². The number of para-hydroxylation sites is 1. The van der Waals surface area contributed by atoms with E-state index >= 15 is 0 Å². The summed E-state index contributed by atoms with van der Waals surface area (Å²) in [6, 6.07) is 27.5. The van der Waals surface area contributed by atoms with Gasteiger partial charge in [0.15, 0.2) is 0 Å². The van der Waals surface area contributed by atoms with Crippen molar-refractivity contribution >= 4 is 17.5 Å². The zero-order valence-electron chi connectivity index (χ0n) is 18.3. The fourth-order valence-electron chi connectivity index (χ4n) is 3.84. The van der Waals surface area contributed by atoms with E-state index in [1.807, 2.05) is 67.6 Å². The Balaban J connectivity index is 1.40. The number of nitrogens with one attached hydrogen (secondary N) is 2. The van der Waals surface area contributed by atoms with Gasteiger partial charge < -0.3 is 10.6 Å². The first-order valence-electron chi connectivity index (χ1n) is 11.1. The van der Waals surface area contributed by atoms with E-state index in [1.165, 1.54) is 5.56 Å². The molecule has 0 aromatic heterocycles. The van der Waals surface area contributed by atoms with Crippen LogP contribution in [-0.4, -0.2) is 29.3 Å². The molecule has 2 amide bonds. The Morgan fingerprint density at radius 1 is 0.906 bits per heavy atom. The first-order valence-corrected chi connectivity index (χ1v) is 11.1. The van der Waals surface area contributed by atoms with E-state index in [-0.39, 0.29) is 17.9 Å². The molecule has 3 aromatic carbocycles. The second-order valence-corrected chi connectivity index (χ2v) is 8.32. The third kappa shape index (κ3) is 5.83. The van der Waals surface area contributed by atoms with Crippen molar-refractivity contribution in [3.63, 3.8) is 0 Å². The Bertz CT molecular complexity index is 1050. The van der Waals surface area contributed by atoms with E-state index in [0.29, 0.717) is 23.8 Å². The molecule has 1 saturated carbocycles. The zero-order chi connectivity index (χ0) is 22.3. The van der Waals surface area contributed by atoms with Crippen LogP contribution in [0.3, 0.4) is 0 Å². The average molecular weight is 428 g/mol. The average Bonchev–Trinajstić information content (AvgIpc) is 3.66. The van der Waals surface area contributed by atoms with Gasteiger partial charge in [0.1, 0.15) is 0 Å². The first-order chi connectivity index (χ1) is 15.6. The molecule has 0 heterocycles. The number of carbonyl (C=O) groups is 2. The molecule has 2 N–H and O–H groups in total. The van der Waals surface area contributed by atoms with Crippen LogP contribution in [0.15, 0.2) is 84.9 Å². The molecule has 1 aliphatic carbocycles. The summed E-state index contributed by atoms with van der Waals surface area (Å²) in [5.74, 6) is -0.315. The summed E-state index contributed by atoms with van der Waals surface area (Å²) in [7, 11) is 0. The summed E-state index contributed by atoms with van der Waals surface area (Å²) in [4.78, 5) is 28.0. The van der Waals surface area contributed by atoms with Gasteiger partial charge in [-0.05, 0) is 43.0 Å². The summed E-state index contributed by atoms with van der Waals surface area (Å²) in [6.45, 7) is 3.00. The number of hydrogen-bond acceptors (Lipinski definition) is 3. The van der Waals surface area contributed by atoms with Crippen molar-refractivity contribution in [2.24, 2.45) is 0 Å². The van der Waals surface area contributed by atoms with Gasteiger partial charge in [0.25, 0.3) is 5.91 Å². The number of carbonyl (C=O) groups excluding carboxylic acids is 2. The van der Waals surface area contributed by atoms with Crippen molar-refractivity contribution in [1.29, 1.82) is 0 Å². The molecular formula is C27H29N3O2. The third-order valence-electron chi connectivity index (χ3n) is 5.73. The van der Waals surface area contributed by atoms with E-state index in [4.69, 9.17) is 0 Å². The summed E-state index contributed by atoms with van der Waals surface area (Å²) in [5.41, 5.74) is 3.22. The molecule has 5 nitrogen and oxygen atoms in total. The van der Waals surface area contributed by atoms with Crippen LogP contribution in [0.25, 0.3) is 0 Å². The standard InChI is InChI=1S/C27H29N3O2/c1-20(22-12-6-3-7-13-22)28-27(32)24-14-8-9-15-25(24)29-26(31)19-30(23-16-17-23)18-21-10-4-2-5-11-21/h2-15,20,23H,16-19H2,1H3,(H,28,32)(H,29,31). The minimum Gasteiger partial charge on any atom is -0.345 e. The van der Waals surface area contributed by atoms with Crippen molar-refractivity contribution in [3.8, 4) is 0 Å². The summed E-state index contributed by atoms with van der Waals surface area (Å²) in [6.07, 6.45) is 2.24. The number of rotatable bonds is 9. The van der Waals surface area contributed by atoms with Crippen LogP contribution in [0, 0.1) is 0 Å². The Labute approximate surface area is 189 Å². The molecule has 164 valence electrons. The molecule has 0 saturated heterocycles. The van der Waals surface area contributed by atoms with E-state index in [0.717, 1.165) is 24.9 Å². The quantitative estimate of drug-likeness (QED) is 0.517. The molecule has 1 unspecified atom stereocenters. The summed E-state index contributed by atoms with van der Waals surface area (Å²) >= 11 is 0. The maximum absolute atomic E-state index is 12.9. The molecule has 5 heteroatoms. The lowest BCUT2D eigenvalue weighted by Gasteiger charge is -2.22. The highest BCUT2D eigenvalue weighted by Crippen LogP contribution is 2.28. The van der Waals surface area contributed by atoms with Gasteiger partial charge in [-0.1, -0.05) is 72.8 Å². The molecule has 3 aromatic rings. The minimum absolute atomic E-state index is 0.107. The molecule has 32 heavy (non-hydrogen) atoms. The van der Waals surface area contributed by atoms with Gasteiger partial charge in [0, 0.05) is 12.6 Å². The number of anilines is 1. The highest BCUT2D eigenvalue weighted by Gasteiger charge is 2.30. The molecule has 1 aliphatic rings. The van der Waals surface area contributed by atoms with Crippen LogP contribution in [0.2, 0.25) is 0 Å². The molecule has 1 fully saturated rings. The maximum atomic E-state index is 12.9. The number of hydrogen-bond donors (Lipinski definition) is 2. The van der Waals surface area contributed by atoms with Crippen LogP contribution < -0.4 is 10.6 Å². The fraction of sp³-hybridized carbons (Fsp3) is 0.259. The smallest absolute Gasteiger partial charge is 0.253 e. The van der Waals surface area contributed by atoms with Crippen molar-refractivity contribution in [1.82, 2.24) is 10.2 Å². The lowest BCUT2D eigenvalue weighted by molar-refractivity contribution is -0.117. The molecular weight excluding hydrogens is 398 g/mol. The van der Waals surface area contributed by atoms with Gasteiger partial charge in [-0.2, -0.15) is 0 Å². The van der Waals surface area contributed by atoms with Gasteiger partial charge in [-0.3, -0.25) is 14.5 Å². The van der Waals surface area contributed by atoms with Crippen molar-refractivity contribution in [3.05, 3.63) is 102 Å². The largest absolute Gasteiger partial charge is 0.345 e. The Kier molecular flexibility index (Phi) is 6.97. The van der Waals surface area contributed by atoms with Crippen LogP contribution in [0.1, 0.15) is 47.3 Å². The van der Waals surface area contributed by atoms with Gasteiger partial charge in [0.05, 0.1) is 23.8 Å². The van der Waals surface area contributed by atoms with Gasteiger partial charge in [-0.25, -0.2) is 0 Å². The molecule has 0 radical (unpaired) electrons. The topological polar surface area (TPSA) is 61.4 Å². The normalized spacial score (nSPS) is 14.1. The molecule has 1 atom stereocenters. The predicted octanol–water partition coefficient (Wildman–Crippen LogP) is 4.78. The zero-order valence-corrected chi connectivity index (χ0v) is 18.3. The molecule has 0 bridgehead atoms. The second kappa shape index (κ2) is 10.2. The number of amides is 2. The summed E-state index contributed by atoms with van der Waals surface area (Å²) < 4.78 is 0. The highest BCUT2D eigenvalue weighted by atomic mass is 16.2. The van der Waals surface area contributed by atoms with Crippen LogP contribution >= 0.6 is 0 Å². The summed E-state index contributed by atoms with van der Waals surface area (Å²) in [5, 5.41) is 5.99. The van der Waals surface area contributed by atoms with Crippen molar-refractivity contribution in [2.45, 2.75) is 38.4 Å². The van der Waals surface area contributed by atoms with Gasteiger partial charge in [0.2, 0.25) is 5.91 Å². The third-order valence-corrected chi connectivity index (χ3v) is 5.73. The van der Waals surface area contributed by atoms with E-state index < -0.39 is 0 Å². The number of nitrogens with zero attached hydrogens (tertiary/aromatic N) is 1. The Morgan fingerprint density at radius 2 is 1.53 bits per heavy atom. The van der Waals surface area contributed by atoms with Crippen LogP contribution in [-0.2, 0) is 11.3 Å². The van der Waals surface area contributed by atoms with Crippen LogP contribution in [0.4, 0.5) is 5.69 Å². The van der Waals surface area contributed by atoms with Gasteiger partial charge in [-0.15, -0.1) is 0 Å². The van der Waals surface area contributed by atoms with Crippen LogP contribution in [0.5, 0.6) is 0 Å². The monoisotopic (exact) mass is 427 g/mol. The lowest BCUT2D eigenvalue weighted by Crippen LogP contribution is -2.35. The molecule has 4 rings (SSSR count). The maximum Gasteiger partial charge on any atom is 0.253 e. The Hall–Kier alpha value is -3.44. The van der Waals surface area contributed by atoms with Crippen molar-refractivity contribution in [2.75, 3.05) is 11.9 Å². The predicted molar refractivity (Wildman–Crippen MR) is 127 cm³/mol. The van der Waals surface area contributed by atoms with E-state index in [1.54, 1.807) is 12.1 Å². The Morgan fingerprint density at radius 3 is 2.22 bits per heavy atom. The lowest BCUT2D eigenvalue weighted by atomic mass is 10.1. The first kappa shape index (κ1) is 21.8. The van der Waals surface area contributed by atoms with Crippen molar-refractivity contribution < 1.29 is 9.59 Å². The number of benzene rings is 3. The van der Waals surface area contributed by atoms with E-state index in [2.05, 4.69) is 27.7 Å². The molecule has 0 aliphatic heterocycles. The fourth-order valence-corrected chi connectivity index (χ4v) is 3.84. The molecule has 0 spiro atoms. The second-order valence-electron chi connectivity index (χ2n) is 8.32.